The summed E-state index contributed by atoms with van der Waals surface area (Å²) in [6.07, 6.45) is 2.14. The van der Waals surface area contributed by atoms with E-state index in [0.29, 0.717) is 11.3 Å². The molecular weight excluding hydrogens is 405 g/mol. The Morgan fingerprint density at radius 1 is 1.19 bits per heavy atom. The molecule has 0 radical (unpaired) electrons. The van der Waals surface area contributed by atoms with Crippen LogP contribution in [0, 0.1) is 5.92 Å². The number of rotatable bonds is 1. The van der Waals surface area contributed by atoms with E-state index in [1.807, 2.05) is 0 Å². The number of carbonyl (C=O) groups excluding carboxylic acids is 2. The van der Waals surface area contributed by atoms with Crippen LogP contribution in [-0.2, 0) is 19.0 Å². The highest BCUT2D eigenvalue weighted by Crippen LogP contribution is 2.34. The zero-order valence-electron chi connectivity index (χ0n) is 18.3. The highest BCUT2D eigenvalue weighted by Gasteiger charge is 2.45. The fourth-order valence-electron chi connectivity index (χ4n) is 3.63. The number of Topliss-reactive ketones (excluding diaryl/α,β-unsaturated/α-hetero) is 1. The Kier molecular flexibility index (Phi) is 6.52. The minimum Gasteiger partial charge on any atom is -0.507 e. The molecule has 2 heterocycles. The maximum absolute atomic E-state index is 14.7. The van der Waals surface area contributed by atoms with Crippen LogP contribution >= 0.6 is 0 Å². The van der Waals surface area contributed by atoms with Gasteiger partial charge in [-0.15, -0.1) is 0 Å². The predicted molar refractivity (Wildman–Crippen MR) is 113 cm³/mol. The lowest BCUT2D eigenvalue weighted by molar-refractivity contribution is -0.153. The number of carbonyl (C=O) groups is 2. The van der Waals surface area contributed by atoms with Crippen LogP contribution in [0.2, 0.25) is 0 Å². The third-order valence-electron chi connectivity index (χ3n) is 5.43. The van der Waals surface area contributed by atoms with Crippen molar-refractivity contribution >= 4 is 23.5 Å². The van der Waals surface area contributed by atoms with Gasteiger partial charge in [0, 0.05) is 24.7 Å². The molecule has 0 saturated carbocycles. The first kappa shape index (κ1) is 23.0. The Bertz CT molecular complexity index is 938. The van der Waals surface area contributed by atoms with Crippen molar-refractivity contribution in [2.45, 2.75) is 58.2 Å². The van der Waals surface area contributed by atoms with Crippen molar-refractivity contribution < 1.29 is 33.3 Å². The van der Waals surface area contributed by atoms with Gasteiger partial charge in [0.2, 0.25) is 5.78 Å². The standard InChI is InChI=1S/C23H28FNO6/c1-12-9-16(24)20(27)21-18(30-23(3,4)31-21)8-6-7-14-10-15(25-5)11-17(26)19(14)22(28)29-13(12)2/h6-7,9-13,18,21,25-26H,8H2,1-5H3/b7-6+,16-9+/t12-,13+,18+,21+/m1/s1. The molecule has 3 rings (SSSR count). The van der Waals surface area contributed by atoms with Crippen molar-refractivity contribution in [1.82, 2.24) is 0 Å². The third kappa shape index (κ3) is 4.97. The van der Waals surface area contributed by atoms with Gasteiger partial charge in [0.25, 0.3) is 0 Å². The molecule has 1 aromatic carbocycles. The lowest BCUT2D eigenvalue weighted by Crippen LogP contribution is -2.32. The van der Waals surface area contributed by atoms with E-state index in [-0.39, 0.29) is 17.7 Å². The Morgan fingerprint density at radius 2 is 1.90 bits per heavy atom. The molecule has 1 saturated heterocycles. The van der Waals surface area contributed by atoms with E-state index in [4.69, 9.17) is 14.2 Å². The quantitative estimate of drug-likeness (QED) is 0.647. The number of anilines is 1. The molecule has 1 aromatic rings. The molecule has 0 aromatic heterocycles. The Morgan fingerprint density at radius 3 is 2.58 bits per heavy atom. The van der Waals surface area contributed by atoms with E-state index < -0.39 is 47.6 Å². The summed E-state index contributed by atoms with van der Waals surface area (Å²) in [5, 5.41) is 13.4. The van der Waals surface area contributed by atoms with Crippen molar-refractivity contribution in [3.8, 4) is 5.75 Å². The van der Waals surface area contributed by atoms with Crippen LogP contribution in [0.1, 0.15) is 50.0 Å². The fourth-order valence-corrected chi connectivity index (χ4v) is 3.63. The monoisotopic (exact) mass is 433 g/mol. The van der Waals surface area contributed by atoms with Crippen LogP contribution in [0.3, 0.4) is 0 Å². The van der Waals surface area contributed by atoms with E-state index in [0.717, 1.165) is 6.08 Å². The molecule has 0 bridgehead atoms. The summed E-state index contributed by atoms with van der Waals surface area (Å²) in [6.45, 7) is 6.56. The van der Waals surface area contributed by atoms with Gasteiger partial charge in [-0.2, -0.15) is 0 Å². The number of phenolic OH excluding ortho intramolecular Hbond substituents is 1. The summed E-state index contributed by atoms with van der Waals surface area (Å²) in [5.41, 5.74) is 1.05. The van der Waals surface area contributed by atoms with Crippen LogP contribution in [0.25, 0.3) is 6.08 Å². The van der Waals surface area contributed by atoms with E-state index in [1.54, 1.807) is 53.0 Å². The first-order valence-electron chi connectivity index (χ1n) is 10.2. The summed E-state index contributed by atoms with van der Waals surface area (Å²) < 4.78 is 31.7. The minimum absolute atomic E-state index is 0.00681. The topological polar surface area (TPSA) is 94.1 Å². The lowest BCUT2D eigenvalue weighted by Gasteiger charge is -2.20. The minimum atomic E-state index is -1.10. The van der Waals surface area contributed by atoms with Gasteiger partial charge in [-0.25, -0.2) is 9.18 Å². The van der Waals surface area contributed by atoms with Crippen molar-refractivity contribution in [2.75, 3.05) is 12.4 Å². The molecule has 0 spiro atoms. The maximum Gasteiger partial charge on any atom is 0.342 e. The van der Waals surface area contributed by atoms with Crippen molar-refractivity contribution in [3.05, 3.63) is 41.2 Å². The molecule has 31 heavy (non-hydrogen) atoms. The predicted octanol–water partition coefficient (Wildman–Crippen LogP) is 3.97. The molecular formula is C23H28FNO6. The Balaban J connectivity index is 2.08. The number of halogens is 1. The summed E-state index contributed by atoms with van der Waals surface area (Å²) >= 11 is 0. The van der Waals surface area contributed by atoms with E-state index in [9.17, 15) is 19.1 Å². The molecule has 0 amide bonds. The highest BCUT2D eigenvalue weighted by atomic mass is 19.1. The smallest absolute Gasteiger partial charge is 0.342 e. The van der Waals surface area contributed by atoms with Gasteiger partial charge in [-0.05, 0) is 44.9 Å². The first-order chi connectivity index (χ1) is 14.5. The summed E-state index contributed by atoms with van der Waals surface area (Å²) in [7, 11) is 1.69. The van der Waals surface area contributed by atoms with Gasteiger partial charge in [-0.3, -0.25) is 4.79 Å². The summed E-state index contributed by atoms with van der Waals surface area (Å²) in [5.74, 6) is -4.38. The molecule has 0 aliphatic carbocycles. The molecule has 168 valence electrons. The highest BCUT2D eigenvalue weighted by molar-refractivity contribution is 5.98. The number of ether oxygens (including phenoxy) is 3. The van der Waals surface area contributed by atoms with Crippen LogP contribution in [0.5, 0.6) is 5.75 Å². The molecule has 2 aliphatic heterocycles. The van der Waals surface area contributed by atoms with Crippen LogP contribution in [0.4, 0.5) is 10.1 Å². The van der Waals surface area contributed by atoms with Gasteiger partial charge < -0.3 is 24.6 Å². The van der Waals surface area contributed by atoms with E-state index in [2.05, 4.69) is 5.32 Å². The van der Waals surface area contributed by atoms with Crippen LogP contribution in [-0.4, -0.2) is 48.0 Å². The molecule has 7 nitrogen and oxygen atoms in total. The molecule has 0 unspecified atom stereocenters. The summed E-state index contributed by atoms with van der Waals surface area (Å²) in [6, 6.07) is 3.13. The molecule has 2 N–H and O–H groups in total. The first-order valence-corrected chi connectivity index (χ1v) is 10.2. The lowest BCUT2D eigenvalue weighted by atomic mass is 9.99. The number of benzene rings is 1. The van der Waals surface area contributed by atoms with Crippen LogP contribution < -0.4 is 5.32 Å². The Labute approximate surface area is 180 Å². The SMILES string of the molecule is CNc1cc(O)c2c(c1)/C=C/C[C@@H]1OC(C)(C)O[C@@H]1C(=O)/C(F)=C\[C@@H](C)[C@H](C)OC2=O. The van der Waals surface area contributed by atoms with Gasteiger partial charge in [0.15, 0.2) is 17.7 Å². The third-order valence-corrected chi connectivity index (χ3v) is 5.43. The van der Waals surface area contributed by atoms with Crippen molar-refractivity contribution in [1.29, 1.82) is 0 Å². The van der Waals surface area contributed by atoms with E-state index >= 15 is 0 Å². The average molecular weight is 433 g/mol. The number of nitrogens with one attached hydrogen (secondary N) is 1. The zero-order chi connectivity index (χ0) is 22.9. The number of hydrogen-bond donors (Lipinski definition) is 2. The normalized spacial score (nSPS) is 31.5. The summed E-state index contributed by atoms with van der Waals surface area (Å²) in [4.78, 5) is 25.5. The zero-order valence-corrected chi connectivity index (χ0v) is 18.3. The largest absolute Gasteiger partial charge is 0.507 e. The fraction of sp³-hybridized carbons (Fsp3) is 0.478. The molecule has 8 heteroatoms. The van der Waals surface area contributed by atoms with Gasteiger partial charge in [0.05, 0.1) is 6.10 Å². The number of fused-ring (bicyclic) bond motifs is 2. The van der Waals surface area contributed by atoms with Gasteiger partial charge in [0.1, 0.15) is 17.4 Å². The molecule has 4 atom stereocenters. The van der Waals surface area contributed by atoms with Gasteiger partial charge in [-0.1, -0.05) is 19.1 Å². The second kappa shape index (κ2) is 8.80. The Hall–Kier alpha value is -2.71. The second-order valence-electron chi connectivity index (χ2n) is 8.29. The van der Waals surface area contributed by atoms with Crippen LogP contribution in [0.15, 0.2) is 30.1 Å². The number of aromatic hydroxyl groups is 1. The molecule has 1 fully saturated rings. The van der Waals surface area contributed by atoms with Crippen molar-refractivity contribution in [2.24, 2.45) is 5.92 Å². The number of cyclic esters (lactones) is 1. The number of hydrogen-bond acceptors (Lipinski definition) is 7. The number of esters is 1. The maximum atomic E-state index is 14.7. The van der Waals surface area contributed by atoms with Crippen molar-refractivity contribution in [3.63, 3.8) is 0 Å². The molecule has 2 aliphatic rings. The average Bonchev–Trinajstić information content (AvgIpc) is 3.00. The van der Waals surface area contributed by atoms with E-state index in [1.165, 1.54) is 6.07 Å². The van der Waals surface area contributed by atoms with Gasteiger partial charge >= 0.3 is 5.97 Å². The number of ketones is 1. The second-order valence-corrected chi connectivity index (χ2v) is 8.29. The number of phenols is 1.